The van der Waals surface area contributed by atoms with Gasteiger partial charge in [-0.05, 0) is 28.5 Å². The number of ether oxygens (including phenoxy) is 1. The molecule has 162 valence electrons. The quantitative estimate of drug-likeness (QED) is 0.173. The molecule has 0 aliphatic carbocycles. The molecule has 2 aromatic carbocycles. The number of nitrogens with one attached hydrogen (secondary N) is 1. The summed E-state index contributed by atoms with van der Waals surface area (Å²) in [5, 5.41) is 35.1. The number of hydrazone groups is 1. The van der Waals surface area contributed by atoms with Gasteiger partial charge in [-0.15, -0.1) is 0 Å². The zero-order valence-electron chi connectivity index (χ0n) is 16.2. The van der Waals surface area contributed by atoms with Crippen LogP contribution < -0.4 is 15.9 Å². The topological polar surface area (TPSA) is 188 Å². The minimum atomic E-state index is -0.801. The summed E-state index contributed by atoms with van der Waals surface area (Å²) in [6.45, 7) is 0. The Labute approximate surface area is 177 Å². The van der Waals surface area contributed by atoms with Crippen molar-refractivity contribution in [2.75, 3.05) is 12.4 Å². The summed E-state index contributed by atoms with van der Waals surface area (Å²) < 4.78 is 23.9. The first-order chi connectivity index (χ1) is 15.4. The molecule has 0 saturated carbocycles. The largest absolute Gasteiger partial charge is 0.500 e. The Kier molecular flexibility index (Phi) is 5.16. The van der Waals surface area contributed by atoms with Crippen molar-refractivity contribution in [2.24, 2.45) is 10.9 Å². The maximum absolute atomic E-state index is 14.2. The lowest BCUT2D eigenvalue weighted by Gasteiger charge is -2.13. The van der Waals surface area contributed by atoms with Crippen molar-refractivity contribution in [3.05, 3.63) is 63.6 Å². The van der Waals surface area contributed by atoms with Crippen LogP contribution in [0.15, 0.2) is 46.1 Å². The maximum atomic E-state index is 14.2. The van der Waals surface area contributed by atoms with Gasteiger partial charge in [-0.3, -0.25) is 10.1 Å². The van der Waals surface area contributed by atoms with Gasteiger partial charge in [-0.2, -0.15) is 5.10 Å². The Morgan fingerprint density at radius 2 is 2.00 bits per heavy atom. The van der Waals surface area contributed by atoms with Crippen LogP contribution in [0, 0.1) is 15.9 Å². The van der Waals surface area contributed by atoms with Gasteiger partial charge in [0.2, 0.25) is 17.0 Å². The van der Waals surface area contributed by atoms with Crippen molar-refractivity contribution in [1.82, 2.24) is 20.3 Å². The van der Waals surface area contributed by atoms with Crippen molar-refractivity contribution < 1.29 is 23.8 Å². The first-order valence-corrected chi connectivity index (χ1v) is 8.78. The van der Waals surface area contributed by atoms with Crippen LogP contribution in [0.4, 0.5) is 21.6 Å². The van der Waals surface area contributed by atoms with E-state index in [1.54, 1.807) is 6.07 Å². The molecule has 0 bridgehead atoms. The highest BCUT2D eigenvalue weighted by atomic mass is 19.1. The molecule has 0 aliphatic rings. The maximum Gasteiger partial charge on any atom is 0.315 e. The predicted octanol–water partition coefficient (Wildman–Crippen LogP) is 2.23. The fourth-order valence-electron chi connectivity index (χ4n) is 2.88. The summed E-state index contributed by atoms with van der Waals surface area (Å²) in [6, 6.07) is 8.10. The van der Waals surface area contributed by atoms with Gasteiger partial charge in [0.1, 0.15) is 17.2 Å². The second-order valence-corrected chi connectivity index (χ2v) is 6.22. The number of nitro groups is 1. The number of nitro benzene ring substituents is 1. The third kappa shape index (κ3) is 3.55. The molecule has 0 radical (unpaired) electrons. The second kappa shape index (κ2) is 8.10. The molecule has 0 spiro atoms. The summed E-state index contributed by atoms with van der Waals surface area (Å²) in [5.74, 6) is 4.11. The summed E-state index contributed by atoms with van der Waals surface area (Å²) in [4.78, 5) is 19.1. The number of hydrogen-bond donors (Lipinski definition) is 3. The van der Waals surface area contributed by atoms with Gasteiger partial charge in [0.15, 0.2) is 11.6 Å². The number of phenols is 1. The smallest absolute Gasteiger partial charge is 0.315 e. The zero-order valence-corrected chi connectivity index (χ0v) is 16.2. The number of aromatic nitrogens is 4. The highest BCUT2D eigenvalue weighted by molar-refractivity contribution is 6.15. The van der Waals surface area contributed by atoms with Crippen LogP contribution in [0.2, 0.25) is 0 Å². The molecule has 0 atom stereocenters. The fourth-order valence-corrected chi connectivity index (χ4v) is 2.88. The van der Waals surface area contributed by atoms with E-state index in [4.69, 9.17) is 10.6 Å². The molecule has 4 N–H and O–H groups in total. The molecule has 0 fully saturated rings. The highest BCUT2D eigenvalue weighted by Gasteiger charge is 2.26. The van der Waals surface area contributed by atoms with Crippen LogP contribution in [-0.2, 0) is 0 Å². The van der Waals surface area contributed by atoms with E-state index < -0.39 is 22.2 Å². The predicted molar refractivity (Wildman–Crippen MR) is 108 cm³/mol. The minimum absolute atomic E-state index is 0.0122. The van der Waals surface area contributed by atoms with Gasteiger partial charge in [-0.25, -0.2) is 19.0 Å². The van der Waals surface area contributed by atoms with Crippen molar-refractivity contribution in [1.29, 1.82) is 0 Å². The van der Waals surface area contributed by atoms with Gasteiger partial charge in [0.05, 0.1) is 17.7 Å². The average Bonchev–Trinajstić information content (AvgIpc) is 3.23. The van der Waals surface area contributed by atoms with Crippen molar-refractivity contribution >= 4 is 34.2 Å². The Balaban J connectivity index is 1.92. The normalized spacial score (nSPS) is 11.5. The number of rotatable bonds is 6. The molecular weight excluding hydrogens is 427 g/mol. The number of fused-ring (bicyclic) bond motifs is 1. The van der Waals surface area contributed by atoms with E-state index in [2.05, 4.69) is 35.3 Å². The number of nitrogens with zero attached hydrogens (tertiary/aromatic N) is 6. The molecule has 2 aromatic heterocycles. The molecule has 4 rings (SSSR count). The van der Waals surface area contributed by atoms with Crippen molar-refractivity contribution in [3.63, 3.8) is 0 Å². The molecule has 0 unspecified atom stereocenters. The molecule has 14 heteroatoms. The van der Waals surface area contributed by atoms with Gasteiger partial charge in [0, 0.05) is 11.6 Å². The lowest BCUT2D eigenvalue weighted by atomic mass is 10.0. The van der Waals surface area contributed by atoms with E-state index >= 15 is 0 Å². The molecule has 0 saturated heterocycles. The van der Waals surface area contributed by atoms with E-state index in [1.807, 2.05) is 0 Å². The number of hydrogen-bond acceptors (Lipinski definition) is 12. The first kappa shape index (κ1) is 20.4. The molecule has 32 heavy (non-hydrogen) atoms. The lowest BCUT2D eigenvalue weighted by Crippen LogP contribution is -2.14. The Morgan fingerprint density at radius 1 is 1.28 bits per heavy atom. The van der Waals surface area contributed by atoms with E-state index in [9.17, 15) is 19.6 Å². The molecule has 2 heterocycles. The van der Waals surface area contributed by atoms with E-state index in [-0.39, 0.29) is 45.5 Å². The molecule has 4 aromatic rings. The molecule has 0 amide bonds. The van der Waals surface area contributed by atoms with Crippen LogP contribution in [0.1, 0.15) is 11.3 Å². The van der Waals surface area contributed by atoms with E-state index in [0.717, 1.165) is 6.07 Å². The Bertz CT molecular complexity index is 1370. The molecule has 0 aliphatic heterocycles. The zero-order chi connectivity index (χ0) is 22.8. The van der Waals surface area contributed by atoms with Crippen molar-refractivity contribution in [3.8, 4) is 11.5 Å². The van der Waals surface area contributed by atoms with Crippen LogP contribution in [0.3, 0.4) is 0 Å². The average molecular weight is 440 g/mol. The minimum Gasteiger partial charge on any atom is -0.500 e. The van der Waals surface area contributed by atoms with E-state index in [1.165, 1.54) is 31.4 Å². The van der Waals surface area contributed by atoms with Crippen LogP contribution in [0.5, 0.6) is 11.5 Å². The monoisotopic (exact) mass is 440 g/mol. The van der Waals surface area contributed by atoms with Crippen LogP contribution >= 0.6 is 0 Å². The fraction of sp³-hybridized carbons (Fsp3) is 0.0556. The number of halogens is 1. The lowest BCUT2D eigenvalue weighted by molar-refractivity contribution is -0.386. The number of anilines is 2. The summed E-state index contributed by atoms with van der Waals surface area (Å²) in [6.07, 6.45) is 0. The number of benzene rings is 2. The summed E-state index contributed by atoms with van der Waals surface area (Å²) in [5.41, 5.74) is -0.663. The SMILES string of the molecule is COc1cc(/C(=N\N)c2nc3nonc3nc2Nc2ccccc2F)cc([N+](=O)[O-])c1O. The Morgan fingerprint density at radius 3 is 2.66 bits per heavy atom. The van der Waals surface area contributed by atoms with Crippen LogP contribution in [-0.4, -0.2) is 43.1 Å². The van der Waals surface area contributed by atoms with Crippen molar-refractivity contribution in [2.45, 2.75) is 0 Å². The number of para-hydroxylation sites is 1. The molecule has 13 nitrogen and oxygen atoms in total. The first-order valence-electron chi connectivity index (χ1n) is 8.78. The Hall–Kier alpha value is -4.88. The number of nitrogens with two attached hydrogens (primary N) is 1. The molecular formula is C18H13FN8O5. The highest BCUT2D eigenvalue weighted by Crippen LogP contribution is 2.38. The van der Waals surface area contributed by atoms with Gasteiger partial charge >= 0.3 is 5.69 Å². The number of phenolic OH excluding ortho intramolecular Hbond substituents is 1. The second-order valence-electron chi connectivity index (χ2n) is 6.22. The van der Waals surface area contributed by atoms with Crippen LogP contribution in [0.25, 0.3) is 11.3 Å². The standard InChI is InChI=1S/C18H13FN8O5/c1-31-12-7-8(6-11(15(12)28)27(29)30)13(24-20)14-16(21-10-5-3-2-4-9(10)19)23-18-17(22-14)25-32-26-18/h2-7,28H,20H2,1H3,(H,21,23,26)/b24-13+. The summed E-state index contributed by atoms with van der Waals surface area (Å²) >= 11 is 0. The third-order valence-corrected chi connectivity index (χ3v) is 4.34. The van der Waals surface area contributed by atoms with Gasteiger partial charge < -0.3 is 21.0 Å². The van der Waals surface area contributed by atoms with Gasteiger partial charge in [-0.1, -0.05) is 12.1 Å². The number of aromatic hydroxyl groups is 1. The summed E-state index contributed by atoms with van der Waals surface area (Å²) in [7, 11) is 1.22. The van der Waals surface area contributed by atoms with E-state index in [0.29, 0.717) is 0 Å². The third-order valence-electron chi connectivity index (χ3n) is 4.34. The number of methoxy groups -OCH3 is 1. The van der Waals surface area contributed by atoms with Gasteiger partial charge in [0.25, 0.3) is 0 Å².